The van der Waals surface area contributed by atoms with E-state index in [1.54, 1.807) is 46.1 Å². The van der Waals surface area contributed by atoms with E-state index >= 15 is 0 Å². The number of benzene rings is 2. The summed E-state index contributed by atoms with van der Waals surface area (Å²) in [6.45, 7) is 4.66. The maximum Gasteiger partial charge on any atom is 0.261 e. The molecule has 6 nitrogen and oxygen atoms in total. The van der Waals surface area contributed by atoms with E-state index in [9.17, 15) is 9.59 Å². The van der Waals surface area contributed by atoms with Crippen molar-refractivity contribution in [2.45, 2.75) is 45.8 Å². The van der Waals surface area contributed by atoms with E-state index in [4.69, 9.17) is 32.6 Å². The number of fused-ring (bicyclic) bond motifs is 1. The van der Waals surface area contributed by atoms with E-state index in [0.29, 0.717) is 46.0 Å². The molecule has 0 saturated carbocycles. The van der Waals surface area contributed by atoms with Crippen LogP contribution in [0.15, 0.2) is 70.1 Å². The summed E-state index contributed by atoms with van der Waals surface area (Å²) in [6, 6.07) is 15.2. The number of hydrogen-bond donors (Lipinski definition) is 0. The van der Waals surface area contributed by atoms with Gasteiger partial charge in [-0.3, -0.25) is 14.2 Å². The third-order valence-corrected chi connectivity index (χ3v) is 6.28. The van der Waals surface area contributed by atoms with Crippen molar-refractivity contribution < 1.29 is 9.21 Å². The van der Waals surface area contributed by atoms with Crippen molar-refractivity contribution in [2.75, 3.05) is 0 Å². The Bertz CT molecular complexity index is 1370. The minimum absolute atomic E-state index is 0.115. The Morgan fingerprint density at radius 2 is 1.91 bits per heavy atom. The first-order valence-electron chi connectivity index (χ1n) is 11.2. The van der Waals surface area contributed by atoms with Crippen LogP contribution in [0.3, 0.4) is 0 Å². The van der Waals surface area contributed by atoms with E-state index in [1.807, 2.05) is 38.1 Å². The van der Waals surface area contributed by atoms with Gasteiger partial charge >= 0.3 is 0 Å². The Morgan fingerprint density at radius 3 is 2.59 bits per heavy atom. The molecule has 0 aliphatic heterocycles. The number of furan rings is 1. The molecule has 2 aromatic carbocycles. The van der Waals surface area contributed by atoms with Crippen LogP contribution >= 0.6 is 23.2 Å². The second kappa shape index (κ2) is 10.5. The Morgan fingerprint density at radius 1 is 1.12 bits per heavy atom. The predicted molar refractivity (Wildman–Crippen MR) is 134 cm³/mol. The fraction of sp³-hybridized carbons (Fsp3) is 0.269. The lowest BCUT2D eigenvalue weighted by Crippen LogP contribution is -2.38. The first-order chi connectivity index (χ1) is 16.4. The molecule has 0 aliphatic carbocycles. The SMILES string of the molecule is CCCn1c(C(CC)N(Cc2ccco2)C(=O)c2ccc(Cl)cc2Cl)nc2ccccc2c1=O. The molecule has 2 aromatic heterocycles. The molecule has 2 heterocycles. The van der Waals surface area contributed by atoms with E-state index in [1.165, 1.54) is 0 Å². The number of hydrogen-bond acceptors (Lipinski definition) is 4. The third kappa shape index (κ3) is 4.74. The lowest BCUT2D eigenvalue weighted by Gasteiger charge is -2.32. The van der Waals surface area contributed by atoms with Gasteiger partial charge in [-0.05, 0) is 55.3 Å². The molecule has 0 bridgehead atoms. The summed E-state index contributed by atoms with van der Waals surface area (Å²) in [5.74, 6) is 0.857. The van der Waals surface area contributed by atoms with Crippen molar-refractivity contribution in [3.8, 4) is 0 Å². The summed E-state index contributed by atoms with van der Waals surface area (Å²) >= 11 is 12.5. The number of carbonyl (C=O) groups is 1. The maximum absolute atomic E-state index is 13.8. The van der Waals surface area contributed by atoms with Crippen LogP contribution < -0.4 is 5.56 Å². The molecule has 1 amide bonds. The fourth-order valence-corrected chi connectivity index (χ4v) is 4.62. The van der Waals surface area contributed by atoms with Crippen LogP contribution in [0.25, 0.3) is 10.9 Å². The predicted octanol–water partition coefficient (Wildman–Crippen LogP) is 6.50. The van der Waals surface area contributed by atoms with Crippen molar-refractivity contribution in [1.82, 2.24) is 14.5 Å². The molecule has 0 aliphatic rings. The van der Waals surface area contributed by atoms with Crippen LogP contribution in [0.5, 0.6) is 0 Å². The highest BCUT2D eigenvalue weighted by molar-refractivity contribution is 6.36. The molecule has 0 spiro atoms. The molecule has 0 fully saturated rings. The summed E-state index contributed by atoms with van der Waals surface area (Å²) in [6.07, 6.45) is 2.85. The topological polar surface area (TPSA) is 68.3 Å². The number of para-hydroxylation sites is 1. The second-order valence-electron chi connectivity index (χ2n) is 8.00. The molecular formula is C26H25Cl2N3O3. The third-order valence-electron chi connectivity index (χ3n) is 5.73. The van der Waals surface area contributed by atoms with Crippen LogP contribution in [0.4, 0.5) is 0 Å². The summed E-state index contributed by atoms with van der Waals surface area (Å²) in [5.41, 5.74) is 0.806. The van der Waals surface area contributed by atoms with Crippen molar-refractivity contribution in [3.63, 3.8) is 0 Å². The highest BCUT2D eigenvalue weighted by atomic mass is 35.5. The zero-order chi connectivity index (χ0) is 24.2. The summed E-state index contributed by atoms with van der Waals surface area (Å²) in [4.78, 5) is 33.8. The van der Waals surface area contributed by atoms with E-state index < -0.39 is 6.04 Å². The van der Waals surface area contributed by atoms with Crippen LogP contribution in [0.2, 0.25) is 10.0 Å². The lowest BCUT2D eigenvalue weighted by atomic mass is 10.1. The fourth-order valence-electron chi connectivity index (χ4n) is 4.13. The Hall–Kier alpha value is -3.09. The monoisotopic (exact) mass is 497 g/mol. The van der Waals surface area contributed by atoms with Crippen molar-refractivity contribution >= 4 is 40.0 Å². The Balaban J connectivity index is 1.89. The zero-order valence-corrected chi connectivity index (χ0v) is 20.5. The number of rotatable bonds is 8. The standard InChI is InChI=1S/C26H25Cl2N3O3/c1-3-13-30-24(29-22-10-6-5-9-20(22)26(30)33)23(4-2)31(16-18-8-7-14-34-18)25(32)19-12-11-17(27)15-21(19)28/h5-12,14-15,23H,3-4,13,16H2,1-2H3. The molecule has 0 radical (unpaired) electrons. The smallest absolute Gasteiger partial charge is 0.261 e. The van der Waals surface area contributed by atoms with E-state index in [-0.39, 0.29) is 23.0 Å². The van der Waals surface area contributed by atoms with Gasteiger partial charge in [0.15, 0.2) is 0 Å². The number of nitrogens with zero attached hydrogens (tertiary/aromatic N) is 3. The maximum atomic E-state index is 13.8. The molecule has 0 saturated heterocycles. The van der Waals surface area contributed by atoms with Gasteiger partial charge < -0.3 is 9.32 Å². The first kappa shape index (κ1) is 24.0. The van der Waals surface area contributed by atoms with Crippen LogP contribution in [0, 0.1) is 0 Å². The average molecular weight is 498 g/mol. The summed E-state index contributed by atoms with van der Waals surface area (Å²) in [5, 5.41) is 1.26. The molecule has 0 N–H and O–H groups in total. The molecule has 176 valence electrons. The Labute approximate surface area is 207 Å². The van der Waals surface area contributed by atoms with Gasteiger partial charge in [-0.1, -0.05) is 49.2 Å². The van der Waals surface area contributed by atoms with Gasteiger partial charge in [0.1, 0.15) is 11.6 Å². The minimum Gasteiger partial charge on any atom is -0.467 e. The lowest BCUT2D eigenvalue weighted by molar-refractivity contribution is 0.0621. The van der Waals surface area contributed by atoms with Gasteiger partial charge in [-0.25, -0.2) is 4.98 Å². The first-order valence-corrected chi connectivity index (χ1v) is 12.0. The second-order valence-corrected chi connectivity index (χ2v) is 8.85. The van der Waals surface area contributed by atoms with Crippen molar-refractivity contribution in [2.24, 2.45) is 0 Å². The number of halogens is 2. The van der Waals surface area contributed by atoms with E-state index in [2.05, 4.69) is 0 Å². The van der Waals surface area contributed by atoms with Gasteiger partial charge in [0, 0.05) is 11.6 Å². The molecule has 8 heteroatoms. The molecular weight excluding hydrogens is 473 g/mol. The zero-order valence-electron chi connectivity index (χ0n) is 19.0. The van der Waals surface area contributed by atoms with Crippen LogP contribution in [-0.2, 0) is 13.1 Å². The van der Waals surface area contributed by atoms with Crippen molar-refractivity contribution in [1.29, 1.82) is 0 Å². The molecule has 4 rings (SSSR count). The van der Waals surface area contributed by atoms with E-state index in [0.717, 1.165) is 6.42 Å². The molecule has 4 aromatic rings. The average Bonchev–Trinajstić information content (AvgIpc) is 3.34. The van der Waals surface area contributed by atoms with Gasteiger partial charge in [0.25, 0.3) is 11.5 Å². The quantitative estimate of drug-likeness (QED) is 0.278. The molecule has 1 atom stereocenters. The normalized spacial score (nSPS) is 12.1. The summed E-state index contributed by atoms with van der Waals surface area (Å²) in [7, 11) is 0. The minimum atomic E-state index is -0.492. The van der Waals surface area contributed by atoms with Gasteiger partial charge in [-0.2, -0.15) is 0 Å². The van der Waals surface area contributed by atoms with Gasteiger partial charge in [0.2, 0.25) is 0 Å². The Kier molecular flexibility index (Phi) is 7.39. The molecule has 1 unspecified atom stereocenters. The number of amides is 1. The summed E-state index contributed by atoms with van der Waals surface area (Å²) < 4.78 is 7.25. The molecule has 34 heavy (non-hydrogen) atoms. The number of carbonyl (C=O) groups excluding carboxylic acids is 1. The van der Waals surface area contributed by atoms with Crippen molar-refractivity contribution in [3.05, 3.63) is 98.4 Å². The number of aromatic nitrogens is 2. The van der Waals surface area contributed by atoms with Gasteiger partial charge in [0.05, 0.1) is 40.3 Å². The van der Waals surface area contributed by atoms with Crippen LogP contribution in [0.1, 0.15) is 54.7 Å². The highest BCUT2D eigenvalue weighted by Gasteiger charge is 2.31. The highest BCUT2D eigenvalue weighted by Crippen LogP contribution is 2.30. The largest absolute Gasteiger partial charge is 0.467 e. The van der Waals surface area contributed by atoms with Gasteiger partial charge in [-0.15, -0.1) is 0 Å². The van der Waals surface area contributed by atoms with Crippen LogP contribution in [-0.4, -0.2) is 20.4 Å².